The van der Waals surface area contributed by atoms with E-state index in [-0.39, 0.29) is 17.3 Å². The van der Waals surface area contributed by atoms with Crippen LogP contribution in [0.2, 0.25) is 0 Å². The largest absolute Gasteiger partial charge is 0.298 e. The van der Waals surface area contributed by atoms with Gasteiger partial charge >= 0.3 is 0 Å². The zero-order valence-electron chi connectivity index (χ0n) is 10.0. The molecule has 1 aromatic rings. The van der Waals surface area contributed by atoms with Crippen LogP contribution in [0.4, 0.5) is 0 Å². The molecule has 0 heterocycles. The second-order valence-corrected chi connectivity index (χ2v) is 4.91. The predicted octanol–water partition coefficient (Wildman–Crippen LogP) is 2.07. The molecule has 0 spiro atoms. The molecule has 2 bridgehead atoms. The van der Waals surface area contributed by atoms with Crippen LogP contribution in [-0.2, 0) is 17.6 Å². The maximum Gasteiger partial charge on any atom is 0.178 e. The van der Waals surface area contributed by atoms with Gasteiger partial charge in [0.15, 0.2) is 5.43 Å². The molecule has 90 valence electrons. The molecule has 18 heavy (non-hydrogen) atoms. The normalized spacial score (nSPS) is 25.2. The lowest BCUT2D eigenvalue weighted by molar-refractivity contribution is -0.123. The van der Waals surface area contributed by atoms with Crippen LogP contribution in [0.3, 0.4) is 0 Å². The van der Waals surface area contributed by atoms with E-state index in [1.165, 1.54) is 0 Å². The maximum absolute atomic E-state index is 12.3. The summed E-state index contributed by atoms with van der Waals surface area (Å²) in [5.74, 6) is 0.189. The van der Waals surface area contributed by atoms with E-state index in [0.717, 1.165) is 11.1 Å². The number of ketones is 1. The molecule has 0 fully saturated rings. The van der Waals surface area contributed by atoms with E-state index in [9.17, 15) is 9.59 Å². The van der Waals surface area contributed by atoms with Gasteiger partial charge in [0.2, 0.25) is 0 Å². The highest BCUT2D eigenvalue weighted by Gasteiger charge is 2.29. The lowest BCUT2D eigenvalue weighted by Gasteiger charge is -2.10. The fraction of sp³-hybridized carbons (Fsp3) is 0.250. The van der Waals surface area contributed by atoms with Gasteiger partial charge in [0.25, 0.3) is 0 Å². The number of carbonyl (C=O) groups is 1. The number of fused-ring (bicyclic) bond motifs is 3. The quantitative estimate of drug-likeness (QED) is 0.693. The van der Waals surface area contributed by atoms with Gasteiger partial charge < -0.3 is 0 Å². The summed E-state index contributed by atoms with van der Waals surface area (Å²) >= 11 is 0. The van der Waals surface area contributed by atoms with Gasteiger partial charge in [-0.25, -0.2) is 0 Å². The summed E-state index contributed by atoms with van der Waals surface area (Å²) in [7, 11) is 0. The summed E-state index contributed by atoms with van der Waals surface area (Å²) in [6.45, 7) is 0. The van der Waals surface area contributed by atoms with Crippen LogP contribution >= 0.6 is 0 Å². The van der Waals surface area contributed by atoms with Crippen LogP contribution in [0, 0.1) is 11.8 Å². The molecule has 0 aromatic heterocycles. The van der Waals surface area contributed by atoms with Crippen LogP contribution < -0.4 is 5.43 Å². The van der Waals surface area contributed by atoms with Gasteiger partial charge in [0.1, 0.15) is 5.78 Å². The first-order valence-corrected chi connectivity index (χ1v) is 6.25. The molecule has 2 aliphatic carbocycles. The Labute approximate surface area is 106 Å². The fourth-order valence-corrected chi connectivity index (χ4v) is 2.71. The second-order valence-electron chi connectivity index (χ2n) is 4.91. The Morgan fingerprint density at radius 1 is 0.778 bits per heavy atom. The lowest BCUT2D eigenvalue weighted by atomic mass is 9.91. The van der Waals surface area contributed by atoms with Gasteiger partial charge in [-0.05, 0) is 36.1 Å². The van der Waals surface area contributed by atoms with Gasteiger partial charge in [-0.3, -0.25) is 9.59 Å². The van der Waals surface area contributed by atoms with Crippen molar-refractivity contribution in [2.45, 2.75) is 12.8 Å². The van der Waals surface area contributed by atoms with Crippen LogP contribution in [0.25, 0.3) is 0 Å². The van der Waals surface area contributed by atoms with E-state index in [4.69, 9.17) is 0 Å². The average molecular weight is 238 g/mol. The molecule has 2 aliphatic rings. The third kappa shape index (κ3) is 1.94. The maximum atomic E-state index is 12.3. The predicted molar refractivity (Wildman–Crippen MR) is 70.4 cm³/mol. The van der Waals surface area contributed by atoms with Crippen LogP contribution in [0.1, 0.15) is 11.1 Å². The van der Waals surface area contributed by atoms with Crippen molar-refractivity contribution < 1.29 is 4.79 Å². The van der Waals surface area contributed by atoms with Crippen LogP contribution in [0.15, 0.2) is 53.4 Å². The minimum Gasteiger partial charge on any atom is -0.298 e. The molecule has 0 saturated heterocycles. The standard InChI is InChI=1S/C16H14O2/c17-15-7-5-11-9-13-3-1-2-4-14(16(13)18)10-12(11)6-8-15/h1-8,13-14H,9-10H2. The molecule has 3 rings (SSSR count). The lowest BCUT2D eigenvalue weighted by Crippen LogP contribution is -2.20. The van der Waals surface area contributed by atoms with E-state index < -0.39 is 0 Å². The minimum absolute atomic E-state index is 0.0171. The fourth-order valence-electron chi connectivity index (χ4n) is 2.71. The Hall–Kier alpha value is -1.96. The molecule has 0 aliphatic heterocycles. The van der Waals surface area contributed by atoms with Gasteiger partial charge in [-0.15, -0.1) is 0 Å². The summed E-state index contributed by atoms with van der Waals surface area (Å²) < 4.78 is 0. The summed E-state index contributed by atoms with van der Waals surface area (Å²) in [6, 6.07) is 6.93. The van der Waals surface area contributed by atoms with E-state index in [1.54, 1.807) is 12.1 Å². The van der Waals surface area contributed by atoms with E-state index in [1.807, 2.05) is 36.4 Å². The van der Waals surface area contributed by atoms with E-state index in [0.29, 0.717) is 18.6 Å². The summed E-state index contributed by atoms with van der Waals surface area (Å²) in [6.07, 6.45) is 9.26. The minimum atomic E-state index is -0.0521. The van der Waals surface area contributed by atoms with Crippen molar-refractivity contribution in [1.29, 1.82) is 0 Å². The molecular formula is C16H14O2. The van der Waals surface area contributed by atoms with Crippen molar-refractivity contribution in [3.05, 3.63) is 69.9 Å². The highest BCUT2D eigenvalue weighted by molar-refractivity contribution is 5.88. The van der Waals surface area contributed by atoms with Gasteiger partial charge in [0, 0.05) is 11.8 Å². The summed E-state index contributed by atoms with van der Waals surface area (Å²) in [5, 5.41) is 0. The number of rotatable bonds is 0. The van der Waals surface area contributed by atoms with Crippen molar-refractivity contribution in [3.63, 3.8) is 0 Å². The number of carbonyl (C=O) groups excluding carboxylic acids is 1. The topological polar surface area (TPSA) is 34.1 Å². The number of hydrogen-bond acceptors (Lipinski definition) is 2. The van der Waals surface area contributed by atoms with Crippen molar-refractivity contribution in [3.8, 4) is 0 Å². The van der Waals surface area contributed by atoms with Crippen molar-refractivity contribution in [2.75, 3.05) is 0 Å². The first-order valence-electron chi connectivity index (χ1n) is 6.25. The first kappa shape index (κ1) is 11.1. The molecule has 2 atom stereocenters. The Bertz CT molecular complexity index is 561. The van der Waals surface area contributed by atoms with Gasteiger partial charge in [-0.1, -0.05) is 36.4 Å². The zero-order chi connectivity index (χ0) is 12.5. The third-order valence-corrected chi connectivity index (χ3v) is 3.72. The molecule has 0 N–H and O–H groups in total. The smallest absolute Gasteiger partial charge is 0.178 e. The SMILES string of the molecule is O=C1C2C=CC=CC1Cc1ccc(=O)ccc1C2. The molecule has 0 amide bonds. The Morgan fingerprint density at radius 3 is 1.78 bits per heavy atom. The van der Waals surface area contributed by atoms with Crippen molar-refractivity contribution in [1.82, 2.24) is 0 Å². The van der Waals surface area contributed by atoms with Gasteiger partial charge in [0.05, 0.1) is 0 Å². The molecule has 2 heteroatoms. The van der Waals surface area contributed by atoms with E-state index >= 15 is 0 Å². The van der Waals surface area contributed by atoms with Crippen molar-refractivity contribution >= 4 is 5.78 Å². The molecule has 2 nitrogen and oxygen atoms in total. The average Bonchev–Trinajstić information content (AvgIpc) is 2.69. The number of hydrogen-bond donors (Lipinski definition) is 0. The monoisotopic (exact) mass is 238 g/mol. The third-order valence-electron chi connectivity index (χ3n) is 3.72. The molecular weight excluding hydrogens is 224 g/mol. The first-order chi connectivity index (χ1) is 8.74. The molecule has 2 unspecified atom stereocenters. The number of allylic oxidation sites excluding steroid dienone is 4. The Balaban J connectivity index is 2.14. The highest BCUT2D eigenvalue weighted by atomic mass is 16.1. The molecule has 0 radical (unpaired) electrons. The van der Waals surface area contributed by atoms with Crippen LogP contribution in [-0.4, -0.2) is 5.78 Å². The van der Waals surface area contributed by atoms with Gasteiger partial charge in [-0.2, -0.15) is 0 Å². The van der Waals surface area contributed by atoms with E-state index in [2.05, 4.69) is 0 Å². The summed E-state index contributed by atoms with van der Waals surface area (Å²) in [4.78, 5) is 23.7. The zero-order valence-corrected chi connectivity index (χ0v) is 10.0. The number of Topliss-reactive ketones (excluding diaryl/α,β-unsaturated/α-hetero) is 1. The Morgan fingerprint density at radius 2 is 1.28 bits per heavy atom. The van der Waals surface area contributed by atoms with Crippen LogP contribution in [0.5, 0.6) is 0 Å². The Kier molecular flexibility index (Phi) is 2.71. The molecule has 0 saturated carbocycles. The molecule has 1 aromatic carbocycles. The van der Waals surface area contributed by atoms with Crippen molar-refractivity contribution in [2.24, 2.45) is 11.8 Å². The summed E-state index contributed by atoms with van der Waals surface area (Å²) in [5.41, 5.74) is 2.26. The highest BCUT2D eigenvalue weighted by Crippen LogP contribution is 2.28. The second kappa shape index (κ2) is 4.37.